The Hall–Kier alpha value is -3.83. The van der Waals surface area contributed by atoms with Crippen LogP contribution in [-0.4, -0.2) is 35.3 Å². The van der Waals surface area contributed by atoms with Gasteiger partial charge in [-0.25, -0.2) is 9.50 Å². The van der Waals surface area contributed by atoms with Crippen LogP contribution in [0.5, 0.6) is 0 Å². The Labute approximate surface area is 178 Å². The Morgan fingerprint density at radius 1 is 1.16 bits per heavy atom. The first-order valence-electron chi connectivity index (χ1n) is 9.65. The maximum Gasteiger partial charge on any atom is 0.416 e. The quantitative estimate of drug-likeness (QED) is 0.518. The first-order chi connectivity index (χ1) is 15.0. The third-order valence-electron chi connectivity index (χ3n) is 4.72. The van der Waals surface area contributed by atoms with Crippen LogP contribution in [0.2, 0.25) is 0 Å². The van der Waals surface area contributed by atoms with Gasteiger partial charge in [-0.05, 0) is 45.0 Å². The van der Waals surface area contributed by atoms with Crippen LogP contribution < -0.4 is 10.7 Å². The minimum atomic E-state index is -4.56. The van der Waals surface area contributed by atoms with Crippen molar-refractivity contribution in [2.75, 3.05) is 5.32 Å². The maximum absolute atomic E-state index is 13.1. The number of nitrogens with zero attached hydrogens (tertiary/aromatic N) is 6. The molecule has 0 fully saturated rings. The lowest BCUT2D eigenvalue weighted by Crippen LogP contribution is -2.26. The molecule has 32 heavy (non-hydrogen) atoms. The standard InChI is InChI=1S/C20H18F3N7O2/c1-10(2)30-15-8-12(20(21,22)23)4-5-13(15)17(32)14(27-30)9-16(31)25-18-26-19-24-11(3)6-7-29(19)28-18/h4-8,10H,9H2,1-3H3,(H,25,28,31). The van der Waals surface area contributed by atoms with Gasteiger partial charge in [-0.15, -0.1) is 5.10 Å². The molecule has 0 saturated carbocycles. The van der Waals surface area contributed by atoms with Crippen LogP contribution in [0.25, 0.3) is 16.7 Å². The van der Waals surface area contributed by atoms with E-state index in [2.05, 4.69) is 25.5 Å². The Balaban J connectivity index is 1.68. The van der Waals surface area contributed by atoms with Gasteiger partial charge < -0.3 is 0 Å². The third-order valence-corrected chi connectivity index (χ3v) is 4.72. The van der Waals surface area contributed by atoms with Crippen LogP contribution in [-0.2, 0) is 17.4 Å². The first-order valence-corrected chi connectivity index (χ1v) is 9.65. The van der Waals surface area contributed by atoms with Gasteiger partial charge in [-0.3, -0.25) is 19.6 Å². The van der Waals surface area contributed by atoms with Crippen LogP contribution in [0.15, 0.2) is 35.3 Å². The molecule has 4 aromatic rings. The smallest absolute Gasteiger partial charge is 0.293 e. The van der Waals surface area contributed by atoms with Crippen molar-refractivity contribution < 1.29 is 18.0 Å². The van der Waals surface area contributed by atoms with Gasteiger partial charge >= 0.3 is 6.18 Å². The van der Waals surface area contributed by atoms with Crippen molar-refractivity contribution in [1.29, 1.82) is 0 Å². The molecule has 3 heterocycles. The molecule has 0 bridgehead atoms. The SMILES string of the molecule is Cc1ccn2nc(NC(=O)Cc3nn(C(C)C)c4cc(C(F)(F)F)ccc4c3=O)nc2n1. The molecule has 0 aliphatic heterocycles. The average Bonchev–Trinajstić information content (AvgIpc) is 3.09. The number of aromatic nitrogens is 6. The zero-order valence-electron chi connectivity index (χ0n) is 17.3. The summed E-state index contributed by atoms with van der Waals surface area (Å²) in [5.74, 6) is -0.288. The zero-order valence-corrected chi connectivity index (χ0v) is 17.3. The number of benzene rings is 1. The lowest BCUT2D eigenvalue weighted by Gasteiger charge is -2.16. The number of aryl methyl sites for hydroxylation is 1. The largest absolute Gasteiger partial charge is 0.416 e. The van der Waals surface area contributed by atoms with Gasteiger partial charge in [0.2, 0.25) is 11.3 Å². The molecule has 4 rings (SSSR count). The van der Waals surface area contributed by atoms with Crippen LogP contribution >= 0.6 is 0 Å². The normalized spacial score (nSPS) is 12.1. The molecule has 0 aliphatic carbocycles. The lowest BCUT2D eigenvalue weighted by atomic mass is 10.1. The summed E-state index contributed by atoms with van der Waals surface area (Å²) in [5.41, 5.74) is -0.811. The fourth-order valence-corrected chi connectivity index (χ4v) is 3.22. The second kappa shape index (κ2) is 7.70. The van der Waals surface area contributed by atoms with Crippen LogP contribution in [0, 0.1) is 6.92 Å². The molecular weight excluding hydrogens is 427 g/mol. The van der Waals surface area contributed by atoms with E-state index >= 15 is 0 Å². The van der Waals surface area contributed by atoms with Gasteiger partial charge in [-0.1, -0.05) is 0 Å². The first kappa shape index (κ1) is 21.4. The number of amides is 1. The maximum atomic E-state index is 13.1. The fourth-order valence-electron chi connectivity index (χ4n) is 3.22. The summed E-state index contributed by atoms with van der Waals surface area (Å²) in [5, 5.41) is 10.8. The molecule has 1 aromatic carbocycles. The van der Waals surface area contributed by atoms with Gasteiger partial charge in [0.05, 0.1) is 17.5 Å². The number of hydrogen-bond acceptors (Lipinski definition) is 6. The highest BCUT2D eigenvalue weighted by molar-refractivity contribution is 5.91. The molecule has 0 unspecified atom stereocenters. The zero-order chi connectivity index (χ0) is 23.2. The lowest BCUT2D eigenvalue weighted by molar-refractivity contribution is -0.137. The predicted molar refractivity (Wildman–Crippen MR) is 109 cm³/mol. The van der Waals surface area contributed by atoms with Crippen molar-refractivity contribution in [2.45, 2.75) is 39.4 Å². The monoisotopic (exact) mass is 445 g/mol. The van der Waals surface area contributed by atoms with E-state index in [1.807, 2.05) is 0 Å². The molecule has 1 N–H and O–H groups in total. The molecule has 166 valence electrons. The van der Waals surface area contributed by atoms with E-state index in [9.17, 15) is 22.8 Å². The number of carbonyl (C=O) groups is 1. The number of anilines is 1. The van der Waals surface area contributed by atoms with Crippen molar-refractivity contribution in [3.8, 4) is 0 Å². The Kier molecular flexibility index (Phi) is 5.15. The summed E-state index contributed by atoms with van der Waals surface area (Å²) in [6.07, 6.45) is -3.31. The summed E-state index contributed by atoms with van der Waals surface area (Å²) < 4.78 is 42.1. The molecule has 0 radical (unpaired) electrons. The molecule has 0 atom stereocenters. The summed E-state index contributed by atoms with van der Waals surface area (Å²) >= 11 is 0. The van der Waals surface area contributed by atoms with Crippen molar-refractivity contribution in [3.63, 3.8) is 0 Å². The molecule has 12 heteroatoms. The highest BCUT2D eigenvalue weighted by atomic mass is 19.4. The summed E-state index contributed by atoms with van der Waals surface area (Å²) in [7, 11) is 0. The second-order valence-corrected chi connectivity index (χ2v) is 7.52. The number of fused-ring (bicyclic) bond motifs is 2. The van der Waals surface area contributed by atoms with E-state index in [1.165, 1.54) is 9.20 Å². The van der Waals surface area contributed by atoms with Crippen molar-refractivity contribution in [1.82, 2.24) is 29.4 Å². The van der Waals surface area contributed by atoms with Gasteiger partial charge in [0, 0.05) is 23.3 Å². The number of rotatable bonds is 4. The Bertz CT molecular complexity index is 1410. The van der Waals surface area contributed by atoms with Crippen LogP contribution in [0.3, 0.4) is 0 Å². The van der Waals surface area contributed by atoms with E-state index < -0.39 is 29.5 Å². The van der Waals surface area contributed by atoms with Crippen LogP contribution in [0.4, 0.5) is 19.1 Å². The molecule has 0 spiro atoms. The number of nitrogens with one attached hydrogen (secondary N) is 1. The molecule has 0 saturated heterocycles. The number of hydrogen-bond donors (Lipinski definition) is 1. The average molecular weight is 445 g/mol. The topological polar surface area (TPSA) is 107 Å². The van der Waals surface area contributed by atoms with Crippen molar-refractivity contribution in [3.05, 3.63) is 57.6 Å². The Morgan fingerprint density at radius 3 is 2.59 bits per heavy atom. The summed E-state index contributed by atoms with van der Waals surface area (Å²) in [4.78, 5) is 33.7. The van der Waals surface area contributed by atoms with Gasteiger partial charge in [0.1, 0.15) is 5.69 Å². The molecule has 9 nitrogen and oxygen atoms in total. The Morgan fingerprint density at radius 2 is 1.91 bits per heavy atom. The van der Waals surface area contributed by atoms with E-state index in [4.69, 9.17) is 0 Å². The van der Waals surface area contributed by atoms with E-state index in [0.717, 1.165) is 23.9 Å². The van der Waals surface area contributed by atoms with Crippen molar-refractivity contribution in [2.24, 2.45) is 0 Å². The number of alkyl halides is 3. The molecule has 0 aliphatic rings. The fraction of sp³-hybridized carbons (Fsp3) is 0.300. The van der Waals surface area contributed by atoms with Gasteiger partial charge in [-0.2, -0.15) is 23.3 Å². The third kappa shape index (κ3) is 4.03. The van der Waals surface area contributed by atoms with E-state index in [1.54, 1.807) is 33.0 Å². The number of halogens is 3. The predicted octanol–water partition coefficient (Wildman–Crippen LogP) is 2.92. The highest BCUT2D eigenvalue weighted by Crippen LogP contribution is 2.31. The van der Waals surface area contributed by atoms with E-state index in [0.29, 0.717) is 5.78 Å². The second-order valence-electron chi connectivity index (χ2n) is 7.52. The highest BCUT2D eigenvalue weighted by Gasteiger charge is 2.31. The molecular formula is C20H18F3N7O2. The molecule has 1 amide bonds. The van der Waals surface area contributed by atoms with Crippen LogP contribution in [0.1, 0.15) is 36.8 Å². The van der Waals surface area contributed by atoms with Crippen molar-refractivity contribution >= 4 is 28.5 Å². The van der Waals surface area contributed by atoms with Gasteiger partial charge in [0.15, 0.2) is 0 Å². The number of carbonyl (C=O) groups excluding carboxylic acids is 1. The molecule has 3 aromatic heterocycles. The summed E-state index contributed by atoms with van der Waals surface area (Å²) in [6.45, 7) is 5.23. The minimum Gasteiger partial charge on any atom is -0.293 e. The minimum absolute atomic E-state index is 0.00731. The van der Waals surface area contributed by atoms with Gasteiger partial charge in [0.25, 0.3) is 11.7 Å². The van der Waals surface area contributed by atoms with E-state index in [-0.39, 0.29) is 28.6 Å². The summed E-state index contributed by atoms with van der Waals surface area (Å²) in [6, 6.07) is 4.22.